The van der Waals surface area contributed by atoms with Crippen LogP contribution in [0.4, 0.5) is 0 Å². The van der Waals surface area contributed by atoms with Crippen LogP contribution in [0.15, 0.2) is 22.2 Å². The molecule has 0 unspecified atom stereocenters. The lowest BCUT2D eigenvalue weighted by atomic mass is 10.0. The van der Waals surface area contributed by atoms with Crippen molar-refractivity contribution >= 4 is 28.6 Å². The summed E-state index contributed by atoms with van der Waals surface area (Å²) in [6, 6.07) is 2.38. The number of rotatable bonds is 2. The number of piperidine rings is 1. The maximum absolute atomic E-state index is 12.5. The molecule has 2 aromatic rings. The number of amides is 1. The second-order valence-corrected chi connectivity index (χ2v) is 6.53. The van der Waals surface area contributed by atoms with Crippen LogP contribution in [-0.2, 0) is 0 Å². The molecule has 1 aliphatic heterocycles. The van der Waals surface area contributed by atoms with Gasteiger partial charge in [0.1, 0.15) is 10.7 Å². The molecule has 0 bridgehead atoms. The molecule has 19 heavy (non-hydrogen) atoms. The van der Waals surface area contributed by atoms with Gasteiger partial charge in [-0.3, -0.25) is 4.79 Å². The molecule has 0 spiro atoms. The summed E-state index contributed by atoms with van der Waals surface area (Å²) in [6.07, 6.45) is 3.44. The van der Waals surface area contributed by atoms with Crippen LogP contribution in [0.1, 0.15) is 36.7 Å². The summed E-state index contributed by atoms with van der Waals surface area (Å²) >= 11 is 3.20. The molecule has 0 radical (unpaired) electrons. The molecule has 0 aromatic carbocycles. The van der Waals surface area contributed by atoms with E-state index in [2.05, 4.69) is 17.3 Å². The number of carbonyl (C=O) groups is 1. The van der Waals surface area contributed by atoms with Gasteiger partial charge in [-0.05, 0) is 37.6 Å². The van der Waals surface area contributed by atoms with E-state index in [4.69, 9.17) is 0 Å². The van der Waals surface area contributed by atoms with Crippen molar-refractivity contribution in [3.63, 3.8) is 0 Å². The van der Waals surface area contributed by atoms with Gasteiger partial charge in [-0.25, -0.2) is 4.98 Å². The summed E-state index contributed by atoms with van der Waals surface area (Å²) < 4.78 is 0. The second kappa shape index (κ2) is 5.43. The van der Waals surface area contributed by atoms with Crippen LogP contribution in [-0.4, -0.2) is 28.4 Å². The van der Waals surface area contributed by atoms with Crippen LogP contribution in [0.5, 0.6) is 0 Å². The first-order chi connectivity index (χ1) is 9.25. The molecule has 0 N–H and O–H groups in total. The fourth-order valence-corrected chi connectivity index (χ4v) is 3.94. The summed E-state index contributed by atoms with van der Waals surface area (Å²) in [4.78, 5) is 18.9. The van der Waals surface area contributed by atoms with Crippen molar-refractivity contribution < 1.29 is 4.79 Å². The van der Waals surface area contributed by atoms with E-state index in [0.29, 0.717) is 11.7 Å². The zero-order valence-electron chi connectivity index (χ0n) is 10.8. The Labute approximate surface area is 120 Å². The maximum Gasteiger partial charge on any atom is 0.273 e. The minimum atomic E-state index is 0.0879. The molecular formula is C14H16N2OS2. The Morgan fingerprint density at radius 3 is 3.05 bits per heavy atom. The summed E-state index contributed by atoms with van der Waals surface area (Å²) in [5.74, 6) is 0.0879. The number of aromatic nitrogens is 1. The third-order valence-electron chi connectivity index (χ3n) is 3.56. The monoisotopic (exact) mass is 292 g/mol. The molecule has 1 fully saturated rings. The lowest BCUT2D eigenvalue weighted by molar-refractivity contribution is 0.0630. The summed E-state index contributed by atoms with van der Waals surface area (Å²) in [7, 11) is 0. The van der Waals surface area contributed by atoms with Crippen LogP contribution in [0.3, 0.4) is 0 Å². The first-order valence-corrected chi connectivity index (χ1v) is 8.37. The molecule has 0 saturated carbocycles. The number of hydrogen-bond donors (Lipinski definition) is 0. The van der Waals surface area contributed by atoms with Gasteiger partial charge in [0.25, 0.3) is 5.91 Å². The van der Waals surface area contributed by atoms with E-state index in [1.165, 1.54) is 6.42 Å². The van der Waals surface area contributed by atoms with Crippen molar-refractivity contribution in [1.82, 2.24) is 9.88 Å². The molecule has 1 amide bonds. The molecule has 0 aliphatic carbocycles. The minimum absolute atomic E-state index is 0.0879. The molecule has 5 heteroatoms. The van der Waals surface area contributed by atoms with E-state index in [0.717, 1.165) is 30.0 Å². The smallest absolute Gasteiger partial charge is 0.273 e. The van der Waals surface area contributed by atoms with E-state index < -0.39 is 0 Å². The van der Waals surface area contributed by atoms with Crippen LogP contribution in [0.25, 0.3) is 10.6 Å². The van der Waals surface area contributed by atoms with Crippen LogP contribution < -0.4 is 0 Å². The molecule has 3 rings (SSSR count). The van der Waals surface area contributed by atoms with Crippen LogP contribution in [0.2, 0.25) is 0 Å². The van der Waals surface area contributed by atoms with Gasteiger partial charge in [0.2, 0.25) is 0 Å². The van der Waals surface area contributed by atoms with Crippen molar-refractivity contribution in [1.29, 1.82) is 0 Å². The maximum atomic E-state index is 12.5. The molecule has 2 aromatic heterocycles. The van der Waals surface area contributed by atoms with Crippen molar-refractivity contribution in [2.24, 2.45) is 0 Å². The average molecular weight is 292 g/mol. The van der Waals surface area contributed by atoms with Crippen molar-refractivity contribution in [2.45, 2.75) is 32.2 Å². The average Bonchev–Trinajstić information content (AvgIpc) is 3.09. The van der Waals surface area contributed by atoms with Gasteiger partial charge >= 0.3 is 0 Å². The fraction of sp³-hybridized carbons (Fsp3) is 0.429. The highest BCUT2D eigenvalue weighted by Crippen LogP contribution is 2.27. The highest BCUT2D eigenvalue weighted by atomic mass is 32.1. The zero-order chi connectivity index (χ0) is 13.2. The van der Waals surface area contributed by atoms with Crippen molar-refractivity contribution in [3.8, 4) is 10.6 Å². The lowest BCUT2D eigenvalue weighted by Crippen LogP contribution is -2.42. The van der Waals surface area contributed by atoms with E-state index in [9.17, 15) is 4.79 Å². The van der Waals surface area contributed by atoms with E-state index in [1.54, 1.807) is 22.7 Å². The second-order valence-electron chi connectivity index (χ2n) is 4.89. The molecule has 1 aliphatic rings. The Morgan fingerprint density at radius 2 is 2.32 bits per heavy atom. The largest absolute Gasteiger partial charge is 0.335 e. The Hall–Kier alpha value is -1.20. The molecule has 100 valence electrons. The number of hydrogen-bond acceptors (Lipinski definition) is 4. The normalized spacial score (nSPS) is 19.6. The summed E-state index contributed by atoms with van der Waals surface area (Å²) in [5, 5.41) is 6.92. The summed E-state index contributed by atoms with van der Waals surface area (Å²) in [6.45, 7) is 2.99. The predicted molar refractivity (Wildman–Crippen MR) is 79.8 cm³/mol. The van der Waals surface area contributed by atoms with Gasteiger partial charge in [0, 0.05) is 28.9 Å². The highest BCUT2D eigenvalue weighted by Gasteiger charge is 2.25. The SMILES string of the molecule is C[C@@H]1CCCCN1C(=O)c1csc(-c2ccsc2)n1. The van der Waals surface area contributed by atoms with Gasteiger partial charge in [-0.1, -0.05) is 0 Å². The molecular weight excluding hydrogens is 276 g/mol. The molecule has 1 atom stereocenters. The van der Waals surface area contributed by atoms with Crippen molar-refractivity contribution in [2.75, 3.05) is 6.54 Å². The number of thiophene rings is 1. The van der Waals surface area contributed by atoms with Gasteiger partial charge in [0.05, 0.1) is 0 Å². The first-order valence-electron chi connectivity index (χ1n) is 6.55. The standard InChI is InChI=1S/C14H16N2OS2/c1-10-4-2-3-6-16(10)14(17)12-9-19-13(15-12)11-5-7-18-8-11/h5,7-10H,2-4,6H2,1H3/t10-/m1/s1. The third kappa shape index (κ3) is 2.58. The zero-order valence-corrected chi connectivity index (χ0v) is 12.5. The fourth-order valence-electron chi connectivity index (χ4n) is 2.44. The van der Waals surface area contributed by atoms with Crippen LogP contribution >= 0.6 is 22.7 Å². The molecule has 1 saturated heterocycles. The number of carbonyl (C=O) groups excluding carboxylic acids is 1. The Morgan fingerprint density at radius 1 is 1.42 bits per heavy atom. The first kappa shape index (κ1) is 12.8. The quantitative estimate of drug-likeness (QED) is 0.841. The third-order valence-corrected chi connectivity index (χ3v) is 5.13. The van der Waals surface area contributed by atoms with Crippen LogP contribution in [0, 0.1) is 0 Å². The summed E-state index contributed by atoms with van der Waals surface area (Å²) in [5.41, 5.74) is 1.71. The Balaban J connectivity index is 1.80. The van der Waals surface area contributed by atoms with Crippen molar-refractivity contribution in [3.05, 3.63) is 27.9 Å². The Bertz CT molecular complexity index is 562. The van der Waals surface area contributed by atoms with E-state index in [1.807, 2.05) is 21.7 Å². The number of nitrogens with zero attached hydrogens (tertiary/aromatic N) is 2. The number of likely N-dealkylation sites (tertiary alicyclic amines) is 1. The van der Waals surface area contributed by atoms with E-state index in [-0.39, 0.29) is 5.91 Å². The lowest BCUT2D eigenvalue weighted by Gasteiger charge is -2.32. The Kier molecular flexibility index (Phi) is 3.66. The number of thiazole rings is 1. The molecule has 3 nitrogen and oxygen atoms in total. The van der Waals surface area contributed by atoms with Gasteiger partial charge in [-0.15, -0.1) is 11.3 Å². The van der Waals surface area contributed by atoms with Gasteiger partial charge < -0.3 is 4.90 Å². The minimum Gasteiger partial charge on any atom is -0.335 e. The molecule has 3 heterocycles. The predicted octanol–water partition coefficient (Wildman–Crippen LogP) is 3.89. The topological polar surface area (TPSA) is 33.2 Å². The van der Waals surface area contributed by atoms with Gasteiger partial charge in [-0.2, -0.15) is 11.3 Å². The highest BCUT2D eigenvalue weighted by molar-refractivity contribution is 7.14. The van der Waals surface area contributed by atoms with E-state index >= 15 is 0 Å². The van der Waals surface area contributed by atoms with Gasteiger partial charge in [0.15, 0.2) is 0 Å².